The minimum Gasteiger partial charge on any atom is -0.292 e. The van der Waals surface area contributed by atoms with Crippen LogP contribution in [0.4, 0.5) is 5.69 Å². The van der Waals surface area contributed by atoms with Gasteiger partial charge in [-0.05, 0) is 112 Å². The molecular formula is C40H56N4O. The van der Waals surface area contributed by atoms with E-state index in [2.05, 4.69) is 113 Å². The molecule has 0 unspecified atom stereocenters. The Kier molecular flexibility index (Phi) is 11.4. The molecule has 4 rings (SSSR count). The summed E-state index contributed by atoms with van der Waals surface area (Å²) in [4.78, 5) is 31.4. The van der Waals surface area contributed by atoms with E-state index in [1.807, 2.05) is 19.1 Å². The molecule has 1 aliphatic heterocycles. The van der Waals surface area contributed by atoms with Crippen LogP contribution in [0.25, 0.3) is 0 Å². The Morgan fingerprint density at radius 1 is 0.778 bits per heavy atom. The Morgan fingerprint density at radius 3 is 1.82 bits per heavy atom. The highest BCUT2D eigenvalue weighted by Gasteiger charge is 2.43. The molecule has 0 saturated carbocycles. The number of hydrogen-bond donors (Lipinski definition) is 0. The van der Waals surface area contributed by atoms with E-state index in [1.165, 1.54) is 33.5 Å². The Morgan fingerprint density at radius 2 is 1.33 bits per heavy atom. The number of benzene rings is 1. The molecular weight excluding hydrogens is 552 g/mol. The van der Waals surface area contributed by atoms with Gasteiger partial charge in [-0.2, -0.15) is 0 Å². The lowest BCUT2D eigenvalue weighted by Crippen LogP contribution is -2.32. The van der Waals surface area contributed by atoms with E-state index in [4.69, 9.17) is 15.0 Å². The van der Waals surface area contributed by atoms with Gasteiger partial charge in [-0.3, -0.25) is 19.8 Å². The third kappa shape index (κ3) is 7.85. The summed E-state index contributed by atoms with van der Waals surface area (Å²) in [5, 5.41) is 0. The second-order valence-electron chi connectivity index (χ2n) is 14.3. The number of Topliss-reactive ketones (excluding diaryl/α,β-unsaturated/α-hetero) is 1. The second-order valence-corrected chi connectivity index (χ2v) is 14.3. The Balaban J connectivity index is 0.000000257. The molecule has 0 spiro atoms. The fourth-order valence-electron chi connectivity index (χ4n) is 5.67. The summed E-state index contributed by atoms with van der Waals surface area (Å²) < 4.78 is 0. The summed E-state index contributed by atoms with van der Waals surface area (Å²) in [5.41, 5.74) is 13.3. The van der Waals surface area contributed by atoms with Crippen LogP contribution >= 0.6 is 0 Å². The number of rotatable bonds is 8. The number of carbonyl (C=O) groups excluding carboxylic acids is 1. The third-order valence-electron chi connectivity index (χ3n) is 9.83. The molecule has 1 aliphatic rings. The lowest BCUT2D eigenvalue weighted by atomic mass is 9.74. The normalized spacial score (nSPS) is 15.6. The molecule has 2 aromatic heterocycles. The molecule has 5 heteroatoms. The predicted octanol–water partition coefficient (Wildman–Crippen LogP) is 10.8. The first-order valence-electron chi connectivity index (χ1n) is 16.7. The molecule has 0 N–H and O–H groups in total. The summed E-state index contributed by atoms with van der Waals surface area (Å²) in [6, 6.07) is 12.1. The van der Waals surface area contributed by atoms with Crippen LogP contribution in [0.5, 0.6) is 0 Å². The summed E-state index contributed by atoms with van der Waals surface area (Å²) in [5.74, 6) is 0.853. The van der Waals surface area contributed by atoms with E-state index >= 15 is 0 Å². The molecule has 5 nitrogen and oxygen atoms in total. The Hall–Kier alpha value is -3.47. The number of pyridine rings is 2. The van der Waals surface area contributed by atoms with Crippen molar-refractivity contribution < 1.29 is 4.79 Å². The highest BCUT2D eigenvalue weighted by Crippen LogP contribution is 2.44. The molecule has 0 fully saturated rings. The number of hydrogen-bond acceptors (Lipinski definition) is 5. The number of ketones is 1. The van der Waals surface area contributed by atoms with Crippen LogP contribution in [0.3, 0.4) is 0 Å². The molecule has 0 amide bonds. The first kappa shape index (κ1) is 36.0. The van der Waals surface area contributed by atoms with Gasteiger partial charge in [0.25, 0.3) is 0 Å². The summed E-state index contributed by atoms with van der Waals surface area (Å²) in [6.07, 6.45) is 2.24. The summed E-state index contributed by atoms with van der Waals surface area (Å²) in [6.45, 7) is 30.4. The number of aryl methyl sites for hydroxylation is 1. The van der Waals surface area contributed by atoms with Crippen molar-refractivity contribution in [1.29, 1.82) is 0 Å². The highest BCUT2D eigenvalue weighted by atomic mass is 16.1. The van der Waals surface area contributed by atoms with Crippen LogP contribution in [0, 0.1) is 33.1 Å². The molecule has 0 radical (unpaired) electrons. The standard InChI is InChI=1S/C23H30N2O.C17H26N2/c1-7-19(20-13-10-14-21(24-20)22(26)8-2)25-23-17(15(3)4)11-9-12-18(23)16(5)6;1-10-11(2)13(4)18-15(12(10)3)14-9-16(5,6)17(7,8)19-14/h9-16H,7-8H2,1-6H3;9H2,1-8H3. The maximum atomic E-state index is 12.0. The predicted molar refractivity (Wildman–Crippen MR) is 192 cm³/mol. The van der Waals surface area contributed by atoms with Gasteiger partial charge in [-0.25, -0.2) is 4.98 Å². The van der Waals surface area contributed by atoms with Gasteiger partial charge < -0.3 is 0 Å². The Labute approximate surface area is 273 Å². The van der Waals surface area contributed by atoms with Crippen LogP contribution in [0.15, 0.2) is 46.4 Å². The van der Waals surface area contributed by atoms with Gasteiger partial charge in [0, 0.05) is 12.1 Å². The van der Waals surface area contributed by atoms with Crippen molar-refractivity contribution in [1.82, 2.24) is 9.97 Å². The number of para-hydroxylation sites is 1. The van der Waals surface area contributed by atoms with Crippen LogP contribution in [-0.2, 0) is 0 Å². The molecule has 1 aromatic carbocycles. The molecule has 0 saturated heterocycles. The fraction of sp³-hybridized carbons (Fsp3) is 0.525. The third-order valence-corrected chi connectivity index (χ3v) is 9.83. The zero-order chi connectivity index (χ0) is 33.9. The largest absolute Gasteiger partial charge is 0.292 e. The van der Waals surface area contributed by atoms with Crippen molar-refractivity contribution in [2.24, 2.45) is 15.4 Å². The van der Waals surface area contributed by atoms with Crippen LogP contribution in [0.2, 0.25) is 0 Å². The number of carbonyl (C=O) groups is 1. The molecule has 3 aromatic rings. The van der Waals surface area contributed by atoms with Gasteiger partial charge in [0.05, 0.1) is 34.0 Å². The van der Waals surface area contributed by atoms with E-state index in [0.29, 0.717) is 24.0 Å². The fourth-order valence-corrected chi connectivity index (χ4v) is 5.67. The van der Waals surface area contributed by atoms with E-state index in [9.17, 15) is 4.79 Å². The lowest BCUT2D eigenvalue weighted by molar-refractivity contribution is 0.0983. The minimum absolute atomic E-state index is 0.0108. The van der Waals surface area contributed by atoms with Gasteiger partial charge in [-0.15, -0.1) is 0 Å². The molecule has 0 aliphatic carbocycles. The maximum Gasteiger partial charge on any atom is 0.180 e. The minimum atomic E-state index is -0.0108. The van der Waals surface area contributed by atoms with Crippen molar-refractivity contribution in [3.8, 4) is 0 Å². The number of aromatic nitrogens is 2. The van der Waals surface area contributed by atoms with Crippen molar-refractivity contribution in [2.75, 3.05) is 0 Å². The molecule has 242 valence electrons. The summed E-state index contributed by atoms with van der Waals surface area (Å²) in [7, 11) is 0. The SMILES string of the molecule is CCC(=O)c1cccc(C(CC)=Nc2c(C(C)C)cccc2C(C)C)n1.Cc1nc(C2=NC(C)(C)C(C)(C)C2)c(C)c(C)c1C. The molecule has 45 heavy (non-hydrogen) atoms. The average molecular weight is 609 g/mol. The highest BCUT2D eigenvalue weighted by molar-refractivity contribution is 6.03. The van der Waals surface area contributed by atoms with E-state index < -0.39 is 0 Å². The van der Waals surface area contributed by atoms with Crippen LogP contribution in [-0.4, -0.2) is 32.7 Å². The monoisotopic (exact) mass is 608 g/mol. The zero-order valence-electron chi connectivity index (χ0n) is 30.4. The number of aliphatic imine (C=N–C) groups is 2. The van der Waals surface area contributed by atoms with Crippen LogP contribution in [0.1, 0.15) is 156 Å². The molecule has 0 bridgehead atoms. The smallest absolute Gasteiger partial charge is 0.180 e. The quantitative estimate of drug-likeness (QED) is 0.189. The first-order chi connectivity index (χ1) is 20.9. The van der Waals surface area contributed by atoms with Gasteiger partial charge in [0.15, 0.2) is 5.78 Å². The molecule has 3 heterocycles. The zero-order valence-corrected chi connectivity index (χ0v) is 30.4. The maximum absolute atomic E-state index is 12.0. The lowest BCUT2D eigenvalue weighted by Gasteiger charge is -2.32. The van der Waals surface area contributed by atoms with Crippen molar-refractivity contribution >= 4 is 22.9 Å². The van der Waals surface area contributed by atoms with E-state index in [0.717, 1.165) is 41.3 Å². The Bertz CT molecular complexity index is 1580. The molecule has 0 atom stereocenters. The van der Waals surface area contributed by atoms with Gasteiger partial charge in [-0.1, -0.05) is 79.7 Å². The first-order valence-corrected chi connectivity index (χ1v) is 16.7. The van der Waals surface area contributed by atoms with Gasteiger partial charge >= 0.3 is 0 Å². The number of nitrogens with zero attached hydrogens (tertiary/aromatic N) is 4. The average Bonchev–Trinajstić information content (AvgIpc) is 3.21. The van der Waals surface area contributed by atoms with Gasteiger partial charge in [0.1, 0.15) is 5.69 Å². The van der Waals surface area contributed by atoms with Crippen molar-refractivity contribution in [2.45, 2.75) is 134 Å². The second kappa shape index (κ2) is 14.3. The topological polar surface area (TPSA) is 67.6 Å². The summed E-state index contributed by atoms with van der Waals surface area (Å²) >= 11 is 0. The van der Waals surface area contributed by atoms with Crippen molar-refractivity contribution in [3.05, 3.63) is 87.0 Å². The van der Waals surface area contributed by atoms with Gasteiger partial charge in [0.2, 0.25) is 0 Å². The van der Waals surface area contributed by atoms with Crippen molar-refractivity contribution in [3.63, 3.8) is 0 Å². The van der Waals surface area contributed by atoms with E-state index in [-0.39, 0.29) is 16.7 Å². The van der Waals surface area contributed by atoms with E-state index in [1.54, 1.807) is 6.07 Å². The van der Waals surface area contributed by atoms with Crippen LogP contribution < -0.4 is 0 Å².